The summed E-state index contributed by atoms with van der Waals surface area (Å²) in [7, 11) is 2.99. The van der Waals surface area contributed by atoms with E-state index >= 15 is 0 Å². The van der Waals surface area contributed by atoms with Gasteiger partial charge in [-0.3, -0.25) is 4.79 Å². The summed E-state index contributed by atoms with van der Waals surface area (Å²) in [5.74, 6) is 1.34. The Hall–Kier alpha value is -3.61. The molecule has 0 aliphatic carbocycles. The first-order valence-corrected chi connectivity index (χ1v) is 8.30. The van der Waals surface area contributed by atoms with E-state index < -0.39 is 5.91 Å². The smallest absolute Gasteiger partial charge is 0.264 e. The summed E-state index contributed by atoms with van der Waals surface area (Å²) in [4.78, 5) is 12.6. The van der Waals surface area contributed by atoms with Crippen molar-refractivity contribution in [3.8, 4) is 11.5 Å². The summed E-state index contributed by atoms with van der Waals surface area (Å²) in [6, 6.07) is 16.5. The van der Waals surface area contributed by atoms with Crippen molar-refractivity contribution in [1.29, 1.82) is 0 Å². The number of aryl methyl sites for hydroxylation is 1. The first-order valence-electron chi connectivity index (χ1n) is 8.30. The molecule has 138 valence electrons. The Labute approximate surface area is 157 Å². The molecule has 7 nitrogen and oxygen atoms in total. The molecule has 0 bridgehead atoms. The quantitative estimate of drug-likeness (QED) is 0.692. The van der Waals surface area contributed by atoms with Crippen molar-refractivity contribution in [3.63, 3.8) is 0 Å². The number of nitrogens with one attached hydrogen (secondary N) is 2. The van der Waals surface area contributed by atoms with E-state index in [0.717, 1.165) is 11.3 Å². The molecule has 7 heteroatoms. The third kappa shape index (κ3) is 4.33. The van der Waals surface area contributed by atoms with Crippen LogP contribution in [0.3, 0.4) is 0 Å². The zero-order valence-electron chi connectivity index (χ0n) is 15.3. The van der Waals surface area contributed by atoms with Gasteiger partial charge in [0.25, 0.3) is 5.91 Å². The summed E-state index contributed by atoms with van der Waals surface area (Å²) in [5.41, 5.74) is 2.36. The lowest BCUT2D eigenvalue weighted by Crippen LogP contribution is -2.15. The van der Waals surface area contributed by atoms with Crippen molar-refractivity contribution in [3.05, 3.63) is 65.7 Å². The molecule has 0 saturated carbocycles. The van der Waals surface area contributed by atoms with Gasteiger partial charge in [-0.1, -0.05) is 18.2 Å². The summed E-state index contributed by atoms with van der Waals surface area (Å²) in [5, 5.41) is 14.0. The van der Waals surface area contributed by atoms with Crippen molar-refractivity contribution >= 4 is 23.2 Å². The third-order valence-corrected chi connectivity index (χ3v) is 3.85. The number of amides is 1. The molecule has 2 aromatic carbocycles. The second-order valence-electron chi connectivity index (χ2n) is 5.79. The van der Waals surface area contributed by atoms with E-state index in [0.29, 0.717) is 28.7 Å². The lowest BCUT2D eigenvalue weighted by atomic mass is 10.1. The molecule has 0 aliphatic rings. The van der Waals surface area contributed by atoms with Gasteiger partial charge in [-0.05, 0) is 48.9 Å². The molecular weight excluding hydrogens is 344 g/mol. The fourth-order valence-corrected chi connectivity index (χ4v) is 2.59. The van der Waals surface area contributed by atoms with Gasteiger partial charge in [0, 0.05) is 5.69 Å². The highest BCUT2D eigenvalue weighted by molar-refractivity contribution is 6.07. The number of anilines is 3. The molecule has 1 amide bonds. The van der Waals surface area contributed by atoms with Gasteiger partial charge >= 0.3 is 0 Å². The van der Waals surface area contributed by atoms with Crippen molar-refractivity contribution in [2.24, 2.45) is 0 Å². The summed E-state index contributed by atoms with van der Waals surface area (Å²) < 4.78 is 10.5. The number of carbonyl (C=O) groups excluding carboxylic acids is 1. The number of benzene rings is 2. The van der Waals surface area contributed by atoms with Crippen molar-refractivity contribution < 1.29 is 14.3 Å². The fraction of sp³-hybridized carbons (Fsp3) is 0.150. The van der Waals surface area contributed by atoms with Gasteiger partial charge in [-0.2, -0.15) is 0 Å². The minimum absolute atomic E-state index is 0.297. The Morgan fingerprint density at radius 2 is 1.52 bits per heavy atom. The van der Waals surface area contributed by atoms with E-state index in [4.69, 9.17) is 9.47 Å². The van der Waals surface area contributed by atoms with E-state index in [-0.39, 0.29) is 0 Å². The van der Waals surface area contributed by atoms with E-state index in [1.807, 2.05) is 31.2 Å². The van der Waals surface area contributed by atoms with Crippen LogP contribution in [-0.2, 0) is 0 Å². The number of hydrogen-bond donors (Lipinski definition) is 2. The largest absolute Gasteiger partial charge is 0.496 e. The Bertz CT molecular complexity index is 920. The SMILES string of the molecule is COc1cccc(OC)c1C(=O)Nc1ccc(Nc2cccc(C)c2)nn1. The minimum Gasteiger partial charge on any atom is -0.496 e. The van der Waals surface area contributed by atoms with Crippen molar-refractivity contribution in [2.75, 3.05) is 24.9 Å². The van der Waals surface area contributed by atoms with Gasteiger partial charge in [-0.15, -0.1) is 10.2 Å². The second-order valence-corrected chi connectivity index (χ2v) is 5.79. The maximum atomic E-state index is 12.6. The number of aromatic nitrogens is 2. The van der Waals surface area contributed by atoms with Crippen LogP contribution in [0.15, 0.2) is 54.6 Å². The number of nitrogens with zero attached hydrogens (tertiary/aromatic N) is 2. The molecule has 0 radical (unpaired) electrons. The Balaban J connectivity index is 1.74. The van der Waals surface area contributed by atoms with Crippen LogP contribution in [0.1, 0.15) is 15.9 Å². The van der Waals surface area contributed by atoms with Crippen LogP contribution in [0, 0.1) is 6.92 Å². The molecule has 0 unspecified atom stereocenters. The average Bonchev–Trinajstić information content (AvgIpc) is 2.68. The molecular formula is C20H20N4O3. The van der Waals surface area contributed by atoms with E-state index in [1.165, 1.54) is 14.2 Å². The number of carbonyl (C=O) groups is 1. The van der Waals surface area contributed by atoms with Crippen LogP contribution in [0.4, 0.5) is 17.3 Å². The second kappa shape index (κ2) is 8.18. The van der Waals surface area contributed by atoms with Crippen LogP contribution in [0.25, 0.3) is 0 Å². The van der Waals surface area contributed by atoms with E-state index in [2.05, 4.69) is 20.8 Å². The van der Waals surface area contributed by atoms with Crippen molar-refractivity contribution in [2.45, 2.75) is 6.92 Å². The molecule has 0 saturated heterocycles. The molecule has 0 fully saturated rings. The van der Waals surface area contributed by atoms with E-state index in [1.54, 1.807) is 30.3 Å². The summed E-state index contributed by atoms with van der Waals surface area (Å²) in [6.45, 7) is 2.02. The maximum absolute atomic E-state index is 12.6. The van der Waals surface area contributed by atoms with Crippen LogP contribution < -0.4 is 20.1 Å². The molecule has 0 aliphatic heterocycles. The lowest BCUT2D eigenvalue weighted by molar-refractivity contribution is 0.102. The van der Waals surface area contributed by atoms with Crippen LogP contribution in [-0.4, -0.2) is 30.3 Å². The Kier molecular flexibility index (Phi) is 5.51. The zero-order valence-corrected chi connectivity index (χ0v) is 15.3. The van der Waals surface area contributed by atoms with Gasteiger partial charge < -0.3 is 20.1 Å². The normalized spacial score (nSPS) is 10.2. The maximum Gasteiger partial charge on any atom is 0.264 e. The number of rotatable bonds is 6. The summed E-state index contributed by atoms with van der Waals surface area (Å²) >= 11 is 0. The predicted octanol–water partition coefficient (Wildman–Crippen LogP) is 3.80. The predicted molar refractivity (Wildman–Crippen MR) is 104 cm³/mol. The van der Waals surface area contributed by atoms with Gasteiger partial charge in [0.1, 0.15) is 17.1 Å². The number of methoxy groups -OCH3 is 2. The van der Waals surface area contributed by atoms with Crippen molar-refractivity contribution in [1.82, 2.24) is 10.2 Å². The fourth-order valence-electron chi connectivity index (χ4n) is 2.59. The summed E-state index contributed by atoms with van der Waals surface area (Å²) in [6.07, 6.45) is 0. The minimum atomic E-state index is -0.391. The lowest BCUT2D eigenvalue weighted by Gasteiger charge is -2.12. The van der Waals surface area contributed by atoms with Gasteiger partial charge in [-0.25, -0.2) is 0 Å². The van der Waals surface area contributed by atoms with Crippen LogP contribution in [0.5, 0.6) is 11.5 Å². The van der Waals surface area contributed by atoms with Gasteiger partial charge in [0.05, 0.1) is 14.2 Å². The highest BCUT2D eigenvalue weighted by Crippen LogP contribution is 2.28. The molecule has 0 spiro atoms. The highest BCUT2D eigenvalue weighted by Gasteiger charge is 2.18. The molecule has 3 aromatic rings. The molecule has 2 N–H and O–H groups in total. The first-order chi connectivity index (χ1) is 13.1. The molecule has 0 atom stereocenters. The molecule has 1 heterocycles. The number of ether oxygens (including phenoxy) is 2. The van der Waals surface area contributed by atoms with Gasteiger partial charge in [0.15, 0.2) is 11.6 Å². The molecule has 27 heavy (non-hydrogen) atoms. The van der Waals surface area contributed by atoms with Crippen LogP contribution in [0.2, 0.25) is 0 Å². The molecule has 3 rings (SSSR count). The Morgan fingerprint density at radius 3 is 2.11 bits per heavy atom. The van der Waals surface area contributed by atoms with Crippen LogP contribution >= 0.6 is 0 Å². The highest BCUT2D eigenvalue weighted by atomic mass is 16.5. The molecule has 1 aromatic heterocycles. The van der Waals surface area contributed by atoms with E-state index in [9.17, 15) is 4.79 Å². The Morgan fingerprint density at radius 1 is 0.889 bits per heavy atom. The third-order valence-electron chi connectivity index (χ3n) is 3.85. The topological polar surface area (TPSA) is 85.4 Å². The zero-order chi connectivity index (χ0) is 19.2. The average molecular weight is 364 g/mol. The first kappa shape index (κ1) is 18.2. The van der Waals surface area contributed by atoms with Gasteiger partial charge in [0.2, 0.25) is 0 Å². The number of hydrogen-bond acceptors (Lipinski definition) is 6. The monoisotopic (exact) mass is 364 g/mol. The standard InChI is InChI=1S/C20H20N4O3/c1-13-6-4-7-14(12-13)21-17-10-11-18(24-23-17)22-20(25)19-15(26-2)8-5-9-16(19)27-3/h4-12H,1-3H3,(H,21,23)(H,22,24,25).